The SMILES string of the molecule is C1=CCc2ccc3cc(-c4ccc(-c5ccc(-c6c7ccccc7cc7ccccc67)cc5)o4)ccc3c2C=C1. The standard InChI is InChI=1S/C39H26O/c1-2-8-26-14-19-31-25-32(20-21-34(31)33(26)11-3-1)38-23-22-37(40-38)27-15-17-28(18-16-27)39-35-12-6-4-9-29(35)24-30-10-5-7-13-36(30)39/h1-7,9-25H,8H2. The van der Waals surface area contributed by atoms with Crippen LogP contribution in [0.3, 0.4) is 0 Å². The number of rotatable bonds is 3. The monoisotopic (exact) mass is 510 g/mol. The van der Waals surface area contributed by atoms with Crippen molar-refractivity contribution in [3.8, 4) is 33.8 Å². The molecule has 6 aromatic carbocycles. The van der Waals surface area contributed by atoms with E-state index in [0.29, 0.717) is 0 Å². The van der Waals surface area contributed by atoms with E-state index < -0.39 is 0 Å². The summed E-state index contributed by atoms with van der Waals surface area (Å²) in [6, 6.07) is 43.6. The average molecular weight is 511 g/mol. The Kier molecular flexibility index (Phi) is 5.28. The Hall–Kier alpha value is -5.14. The van der Waals surface area contributed by atoms with Gasteiger partial charge in [-0.25, -0.2) is 0 Å². The van der Waals surface area contributed by atoms with Crippen LogP contribution in [0.15, 0.2) is 144 Å². The van der Waals surface area contributed by atoms with Crippen molar-refractivity contribution in [2.75, 3.05) is 0 Å². The van der Waals surface area contributed by atoms with E-state index in [2.05, 4.69) is 146 Å². The molecule has 7 aromatic rings. The molecule has 0 unspecified atom stereocenters. The van der Waals surface area contributed by atoms with Crippen molar-refractivity contribution >= 4 is 38.4 Å². The molecule has 0 N–H and O–H groups in total. The minimum atomic E-state index is 0.875. The maximum Gasteiger partial charge on any atom is 0.134 e. The van der Waals surface area contributed by atoms with Crippen molar-refractivity contribution < 1.29 is 4.42 Å². The topological polar surface area (TPSA) is 13.1 Å². The Morgan fingerprint density at radius 2 is 1.12 bits per heavy atom. The fourth-order valence-corrected chi connectivity index (χ4v) is 6.13. The number of fused-ring (bicyclic) bond motifs is 5. The van der Waals surface area contributed by atoms with Gasteiger partial charge >= 0.3 is 0 Å². The van der Waals surface area contributed by atoms with Gasteiger partial charge in [0.15, 0.2) is 0 Å². The Balaban J connectivity index is 1.15. The van der Waals surface area contributed by atoms with Crippen LogP contribution in [0.4, 0.5) is 0 Å². The van der Waals surface area contributed by atoms with E-state index in [-0.39, 0.29) is 0 Å². The van der Waals surface area contributed by atoms with Gasteiger partial charge in [-0.2, -0.15) is 0 Å². The summed E-state index contributed by atoms with van der Waals surface area (Å²) in [6.07, 6.45) is 9.66. The molecule has 1 heterocycles. The van der Waals surface area contributed by atoms with Gasteiger partial charge in [-0.1, -0.05) is 121 Å². The molecule has 1 nitrogen and oxygen atoms in total. The lowest BCUT2D eigenvalue weighted by molar-refractivity contribution is 0.597. The predicted molar refractivity (Wildman–Crippen MR) is 169 cm³/mol. The van der Waals surface area contributed by atoms with Gasteiger partial charge in [0.25, 0.3) is 0 Å². The molecule has 0 bridgehead atoms. The molecule has 0 saturated carbocycles. The summed E-state index contributed by atoms with van der Waals surface area (Å²) in [7, 11) is 0. The quantitative estimate of drug-likeness (QED) is 0.215. The highest BCUT2D eigenvalue weighted by atomic mass is 16.3. The second-order valence-corrected chi connectivity index (χ2v) is 10.5. The molecular weight excluding hydrogens is 484 g/mol. The van der Waals surface area contributed by atoms with Gasteiger partial charge in [0.2, 0.25) is 0 Å². The summed E-state index contributed by atoms with van der Waals surface area (Å²) in [5, 5.41) is 7.57. The molecule has 0 aliphatic heterocycles. The van der Waals surface area contributed by atoms with E-state index in [1.54, 1.807) is 0 Å². The molecule has 1 aliphatic rings. The first-order valence-corrected chi connectivity index (χ1v) is 13.8. The van der Waals surface area contributed by atoms with E-state index in [4.69, 9.17) is 4.42 Å². The molecule has 188 valence electrons. The lowest BCUT2D eigenvalue weighted by Crippen LogP contribution is -1.88. The van der Waals surface area contributed by atoms with Crippen LogP contribution in [-0.4, -0.2) is 0 Å². The van der Waals surface area contributed by atoms with Crippen LogP contribution in [0.2, 0.25) is 0 Å². The highest BCUT2D eigenvalue weighted by Crippen LogP contribution is 2.38. The molecule has 0 fully saturated rings. The Morgan fingerprint density at radius 1 is 0.475 bits per heavy atom. The zero-order valence-electron chi connectivity index (χ0n) is 22.0. The zero-order valence-corrected chi connectivity index (χ0v) is 22.0. The van der Waals surface area contributed by atoms with Crippen LogP contribution in [-0.2, 0) is 6.42 Å². The van der Waals surface area contributed by atoms with Crippen molar-refractivity contribution in [3.05, 3.63) is 151 Å². The van der Waals surface area contributed by atoms with Gasteiger partial charge in [0, 0.05) is 11.1 Å². The second-order valence-electron chi connectivity index (χ2n) is 10.5. The van der Waals surface area contributed by atoms with Crippen LogP contribution < -0.4 is 0 Å². The molecule has 1 heteroatoms. The maximum atomic E-state index is 6.40. The first-order chi connectivity index (χ1) is 19.8. The maximum absolute atomic E-state index is 6.40. The van der Waals surface area contributed by atoms with E-state index >= 15 is 0 Å². The predicted octanol–water partition coefficient (Wildman–Crippen LogP) is 10.9. The summed E-state index contributed by atoms with van der Waals surface area (Å²) in [4.78, 5) is 0. The lowest BCUT2D eigenvalue weighted by atomic mass is 9.91. The fourth-order valence-electron chi connectivity index (χ4n) is 6.13. The molecule has 40 heavy (non-hydrogen) atoms. The first-order valence-electron chi connectivity index (χ1n) is 13.8. The highest BCUT2D eigenvalue weighted by Gasteiger charge is 2.13. The third-order valence-corrected chi connectivity index (χ3v) is 8.12. The van der Waals surface area contributed by atoms with Crippen molar-refractivity contribution in [2.24, 2.45) is 0 Å². The zero-order chi connectivity index (χ0) is 26.5. The minimum Gasteiger partial charge on any atom is -0.456 e. The molecule has 0 spiro atoms. The number of hydrogen-bond acceptors (Lipinski definition) is 1. The number of benzene rings is 6. The largest absolute Gasteiger partial charge is 0.456 e. The van der Waals surface area contributed by atoms with Crippen molar-refractivity contribution in [1.82, 2.24) is 0 Å². The van der Waals surface area contributed by atoms with Crippen LogP contribution >= 0.6 is 0 Å². The molecule has 0 atom stereocenters. The lowest BCUT2D eigenvalue weighted by Gasteiger charge is -2.12. The van der Waals surface area contributed by atoms with E-state index in [1.807, 2.05) is 0 Å². The number of allylic oxidation sites excluding steroid dienone is 3. The third-order valence-electron chi connectivity index (χ3n) is 8.12. The van der Waals surface area contributed by atoms with Gasteiger partial charge in [-0.3, -0.25) is 0 Å². The van der Waals surface area contributed by atoms with Crippen LogP contribution in [0, 0.1) is 0 Å². The molecule has 1 aliphatic carbocycles. The number of hydrogen-bond donors (Lipinski definition) is 0. The smallest absolute Gasteiger partial charge is 0.134 e. The first kappa shape index (κ1) is 22.8. The Labute approximate surface area is 233 Å². The molecule has 0 amide bonds. The molecule has 0 radical (unpaired) electrons. The summed E-state index contributed by atoms with van der Waals surface area (Å²) in [6.45, 7) is 0. The van der Waals surface area contributed by atoms with Gasteiger partial charge in [0.05, 0.1) is 0 Å². The summed E-state index contributed by atoms with van der Waals surface area (Å²) in [5.41, 5.74) is 7.33. The summed E-state index contributed by atoms with van der Waals surface area (Å²) < 4.78 is 6.40. The van der Waals surface area contributed by atoms with Gasteiger partial charge in [-0.15, -0.1) is 0 Å². The van der Waals surface area contributed by atoms with Crippen LogP contribution in [0.1, 0.15) is 11.1 Å². The normalized spacial score (nSPS) is 12.7. The van der Waals surface area contributed by atoms with Crippen LogP contribution in [0.5, 0.6) is 0 Å². The third kappa shape index (κ3) is 3.79. The molecule has 1 aromatic heterocycles. The molecule has 8 rings (SSSR count). The summed E-state index contributed by atoms with van der Waals surface area (Å²) >= 11 is 0. The Morgan fingerprint density at radius 3 is 1.90 bits per heavy atom. The fraction of sp³-hybridized carbons (Fsp3) is 0.0256. The summed E-state index contributed by atoms with van der Waals surface area (Å²) in [5.74, 6) is 1.76. The van der Waals surface area contributed by atoms with Gasteiger partial charge in [0.1, 0.15) is 11.5 Å². The minimum absolute atomic E-state index is 0.875. The van der Waals surface area contributed by atoms with E-state index in [0.717, 1.165) is 29.1 Å². The van der Waals surface area contributed by atoms with E-state index in [9.17, 15) is 0 Å². The molecule has 0 saturated heterocycles. The molecular formula is C39H26O. The highest BCUT2D eigenvalue weighted by molar-refractivity contribution is 6.12. The van der Waals surface area contributed by atoms with Crippen molar-refractivity contribution in [2.45, 2.75) is 6.42 Å². The Bertz CT molecular complexity index is 2070. The van der Waals surface area contributed by atoms with Gasteiger partial charge < -0.3 is 4.42 Å². The van der Waals surface area contributed by atoms with Crippen molar-refractivity contribution in [3.63, 3.8) is 0 Å². The number of furan rings is 1. The van der Waals surface area contributed by atoms with Crippen molar-refractivity contribution in [1.29, 1.82) is 0 Å². The van der Waals surface area contributed by atoms with Gasteiger partial charge in [-0.05, 0) is 85.3 Å². The average Bonchev–Trinajstić information content (AvgIpc) is 3.38. The van der Waals surface area contributed by atoms with Crippen LogP contribution in [0.25, 0.3) is 72.2 Å². The van der Waals surface area contributed by atoms with E-state index in [1.165, 1.54) is 54.6 Å². The second kappa shape index (κ2) is 9.25.